The molecule has 1 aromatic rings. The first-order chi connectivity index (χ1) is 7.99. The van der Waals surface area contributed by atoms with Crippen LogP contribution in [-0.2, 0) is 21.1 Å². The van der Waals surface area contributed by atoms with Gasteiger partial charge in [-0.05, 0) is 29.5 Å². The number of hydrogen-bond donors (Lipinski definition) is 0. The van der Waals surface area contributed by atoms with Gasteiger partial charge in [-0.1, -0.05) is 29.4 Å². The minimum atomic E-state index is -3.06. The molecule has 0 radical (unpaired) electrons. The minimum absolute atomic E-state index is 0.294. The van der Waals surface area contributed by atoms with Gasteiger partial charge in [-0.25, -0.2) is 8.42 Å². The molecule has 0 unspecified atom stereocenters. The van der Waals surface area contributed by atoms with Gasteiger partial charge in [0.05, 0.1) is 11.3 Å². The second-order valence-corrected chi connectivity index (χ2v) is 6.68. The number of benzene rings is 1. The summed E-state index contributed by atoms with van der Waals surface area (Å²) in [7, 11) is -3.06. The molecule has 0 atom stereocenters. The van der Waals surface area contributed by atoms with Gasteiger partial charge in [0.25, 0.3) is 0 Å². The molecular weight excluding hydrogens is 238 g/mol. The topological polar surface area (TPSA) is 82.9 Å². The molecule has 1 aliphatic carbocycles. The molecule has 1 saturated carbocycles. The first kappa shape index (κ1) is 12.0. The fourth-order valence-corrected chi connectivity index (χ4v) is 3.42. The summed E-state index contributed by atoms with van der Waals surface area (Å²) in [5.41, 5.74) is 9.93. The van der Waals surface area contributed by atoms with Crippen molar-refractivity contribution in [3.8, 4) is 0 Å². The van der Waals surface area contributed by atoms with E-state index in [1.807, 2.05) is 24.3 Å². The predicted octanol–water partition coefficient (Wildman–Crippen LogP) is 2.53. The molecule has 0 spiro atoms. The molecule has 0 heterocycles. The third-order valence-electron chi connectivity index (χ3n) is 3.21. The van der Waals surface area contributed by atoms with Gasteiger partial charge in [0, 0.05) is 11.2 Å². The lowest BCUT2D eigenvalue weighted by molar-refractivity contribution is 0.586. The third kappa shape index (κ3) is 2.14. The average molecular weight is 251 g/mol. The maximum absolute atomic E-state index is 11.7. The Balaban J connectivity index is 2.28. The summed E-state index contributed by atoms with van der Waals surface area (Å²) in [6.07, 6.45) is 2.68. The molecule has 1 aliphatic rings. The van der Waals surface area contributed by atoms with E-state index in [4.69, 9.17) is 5.53 Å². The highest BCUT2D eigenvalue weighted by molar-refractivity contribution is 7.92. The smallest absolute Gasteiger partial charge is 0.157 e. The molecule has 1 fully saturated rings. The standard InChI is InChI=1S/C11H13N3O2S/c1-17(15,16)11(6-7-11)10-4-2-9(3-5-10)8-13-14-12/h2-5H,6-8H2,1H3. The SMILES string of the molecule is CS(=O)(=O)C1(c2ccc(CN=[N+]=[N-])cc2)CC1. The summed E-state index contributed by atoms with van der Waals surface area (Å²) >= 11 is 0. The van der Waals surface area contributed by atoms with Crippen LogP contribution in [0.5, 0.6) is 0 Å². The van der Waals surface area contributed by atoms with Crippen LogP contribution in [0, 0.1) is 0 Å². The van der Waals surface area contributed by atoms with E-state index in [-0.39, 0.29) is 0 Å². The van der Waals surface area contributed by atoms with Crippen molar-refractivity contribution in [1.29, 1.82) is 0 Å². The molecule has 0 amide bonds. The molecule has 0 saturated heterocycles. The van der Waals surface area contributed by atoms with Crippen LogP contribution >= 0.6 is 0 Å². The van der Waals surface area contributed by atoms with Crippen molar-refractivity contribution >= 4 is 9.84 Å². The Morgan fingerprint density at radius 2 is 1.94 bits per heavy atom. The van der Waals surface area contributed by atoms with Gasteiger partial charge in [-0.3, -0.25) is 0 Å². The highest BCUT2D eigenvalue weighted by Crippen LogP contribution is 2.52. The first-order valence-corrected chi connectivity index (χ1v) is 7.19. The fourth-order valence-electron chi connectivity index (χ4n) is 2.01. The fraction of sp³-hybridized carbons (Fsp3) is 0.455. The zero-order chi connectivity index (χ0) is 12.5. The van der Waals surface area contributed by atoms with E-state index in [1.165, 1.54) is 6.26 Å². The summed E-state index contributed by atoms with van der Waals surface area (Å²) in [5.74, 6) is 0. The molecule has 5 nitrogen and oxygen atoms in total. The molecule has 2 rings (SSSR count). The van der Waals surface area contributed by atoms with E-state index in [1.54, 1.807) is 0 Å². The van der Waals surface area contributed by atoms with E-state index in [0.29, 0.717) is 19.4 Å². The molecule has 0 N–H and O–H groups in total. The first-order valence-electron chi connectivity index (χ1n) is 5.29. The van der Waals surface area contributed by atoms with Crippen molar-refractivity contribution in [3.63, 3.8) is 0 Å². The summed E-state index contributed by atoms with van der Waals surface area (Å²) < 4.78 is 22.7. The van der Waals surface area contributed by atoms with E-state index in [0.717, 1.165) is 11.1 Å². The Morgan fingerprint density at radius 1 is 1.35 bits per heavy atom. The molecule has 0 aromatic heterocycles. The summed E-state index contributed by atoms with van der Waals surface area (Å²) in [6, 6.07) is 7.26. The molecule has 0 bridgehead atoms. The Morgan fingerprint density at radius 3 is 2.35 bits per heavy atom. The van der Waals surface area contributed by atoms with Gasteiger partial charge < -0.3 is 0 Å². The normalized spacial score (nSPS) is 17.2. The van der Waals surface area contributed by atoms with Crippen molar-refractivity contribution in [2.45, 2.75) is 24.1 Å². The average Bonchev–Trinajstić information content (AvgIpc) is 3.07. The van der Waals surface area contributed by atoms with Crippen molar-refractivity contribution in [3.05, 3.63) is 45.8 Å². The predicted molar refractivity (Wildman–Crippen MR) is 65.0 cm³/mol. The van der Waals surface area contributed by atoms with E-state index in [2.05, 4.69) is 10.0 Å². The number of nitrogens with zero attached hydrogens (tertiary/aromatic N) is 3. The highest BCUT2D eigenvalue weighted by atomic mass is 32.2. The Bertz CT molecular complexity index is 567. The van der Waals surface area contributed by atoms with Crippen molar-refractivity contribution in [1.82, 2.24) is 0 Å². The van der Waals surface area contributed by atoms with Crippen LogP contribution < -0.4 is 0 Å². The van der Waals surface area contributed by atoms with Crippen molar-refractivity contribution in [2.75, 3.05) is 6.26 Å². The van der Waals surface area contributed by atoms with E-state index < -0.39 is 14.6 Å². The van der Waals surface area contributed by atoms with Gasteiger partial charge in [-0.2, -0.15) is 0 Å². The van der Waals surface area contributed by atoms with Crippen LogP contribution in [0.3, 0.4) is 0 Å². The van der Waals surface area contributed by atoms with Gasteiger partial charge in [0.2, 0.25) is 0 Å². The maximum atomic E-state index is 11.7. The van der Waals surface area contributed by atoms with Crippen molar-refractivity contribution in [2.24, 2.45) is 5.11 Å². The molecule has 0 aliphatic heterocycles. The Labute approximate surface area is 100 Å². The molecular formula is C11H13N3O2S. The van der Waals surface area contributed by atoms with Crippen LogP contribution in [0.2, 0.25) is 0 Å². The van der Waals surface area contributed by atoms with Crippen LogP contribution in [0.4, 0.5) is 0 Å². The van der Waals surface area contributed by atoms with Crippen LogP contribution in [-0.4, -0.2) is 14.7 Å². The van der Waals surface area contributed by atoms with Gasteiger partial charge in [0.1, 0.15) is 0 Å². The lowest BCUT2D eigenvalue weighted by atomic mass is 10.1. The number of sulfone groups is 1. The molecule has 17 heavy (non-hydrogen) atoms. The summed E-state index contributed by atoms with van der Waals surface area (Å²) in [6.45, 7) is 0.294. The quantitative estimate of drug-likeness (QED) is 0.468. The summed E-state index contributed by atoms with van der Waals surface area (Å²) in [4.78, 5) is 2.68. The zero-order valence-electron chi connectivity index (χ0n) is 9.50. The van der Waals surface area contributed by atoms with Gasteiger partial charge in [0.15, 0.2) is 9.84 Å². The lowest BCUT2D eigenvalue weighted by Gasteiger charge is -2.13. The van der Waals surface area contributed by atoms with E-state index in [9.17, 15) is 8.42 Å². The molecule has 6 heteroatoms. The second kappa shape index (κ2) is 4.05. The van der Waals surface area contributed by atoms with Crippen LogP contribution in [0.15, 0.2) is 29.4 Å². The Hall–Kier alpha value is -1.52. The highest BCUT2D eigenvalue weighted by Gasteiger charge is 2.53. The Kier molecular flexibility index (Phi) is 2.85. The van der Waals surface area contributed by atoms with E-state index >= 15 is 0 Å². The third-order valence-corrected chi connectivity index (χ3v) is 5.27. The zero-order valence-corrected chi connectivity index (χ0v) is 10.3. The lowest BCUT2D eigenvalue weighted by Crippen LogP contribution is -2.19. The maximum Gasteiger partial charge on any atom is 0.157 e. The van der Waals surface area contributed by atoms with Gasteiger partial charge in [-0.15, -0.1) is 0 Å². The molecule has 90 valence electrons. The van der Waals surface area contributed by atoms with Crippen LogP contribution in [0.25, 0.3) is 10.4 Å². The number of azide groups is 1. The van der Waals surface area contributed by atoms with Crippen molar-refractivity contribution < 1.29 is 8.42 Å². The monoisotopic (exact) mass is 251 g/mol. The number of hydrogen-bond acceptors (Lipinski definition) is 3. The van der Waals surface area contributed by atoms with Gasteiger partial charge >= 0.3 is 0 Å². The number of rotatable bonds is 4. The molecule has 1 aromatic carbocycles. The second-order valence-electron chi connectivity index (χ2n) is 4.35. The van der Waals surface area contributed by atoms with Crippen LogP contribution in [0.1, 0.15) is 24.0 Å². The largest absolute Gasteiger partial charge is 0.228 e. The summed E-state index contributed by atoms with van der Waals surface area (Å²) in [5, 5.41) is 3.46. The minimum Gasteiger partial charge on any atom is -0.228 e.